The van der Waals surface area contributed by atoms with Gasteiger partial charge in [-0.3, -0.25) is 0 Å². The quantitative estimate of drug-likeness (QED) is 0.632. The van der Waals surface area contributed by atoms with E-state index in [0.717, 1.165) is 11.3 Å². The number of ether oxygens (including phenoxy) is 1. The molecule has 0 aliphatic rings. The molecule has 0 fully saturated rings. The highest BCUT2D eigenvalue weighted by molar-refractivity contribution is 9.10. The molecule has 0 saturated carbocycles. The van der Waals surface area contributed by atoms with E-state index in [2.05, 4.69) is 31.9 Å². The predicted octanol–water partition coefficient (Wildman–Crippen LogP) is 5.47. The van der Waals surface area contributed by atoms with Crippen molar-refractivity contribution in [2.24, 2.45) is 0 Å². The molecule has 19 heavy (non-hydrogen) atoms. The van der Waals surface area contributed by atoms with E-state index in [0.29, 0.717) is 16.6 Å². The second-order valence-electron chi connectivity index (χ2n) is 4.01. The lowest BCUT2D eigenvalue weighted by atomic mass is 10.0. The molecule has 100 valence electrons. The summed E-state index contributed by atoms with van der Waals surface area (Å²) < 4.78 is 19.9. The molecule has 0 spiro atoms. The Labute approximate surface area is 129 Å². The first kappa shape index (κ1) is 14.5. The Morgan fingerprint density at radius 1 is 1.16 bits per heavy atom. The minimum absolute atomic E-state index is 0.180. The van der Waals surface area contributed by atoms with Gasteiger partial charge in [0.2, 0.25) is 0 Å². The van der Waals surface area contributed by atoms with Crippen LogP contribution in [0.3, 0.4) is 0 Å². The fourth-order valence-electron chi connectivity index (χ4n) is 1.80. The minimum atomic E-state index is -0.238. The summed E-state index contributed by atoms with van der Waals surface area (Å²) in [5.74, 6) is 0.582. The predicted molar refractivity (Wildman–Crippen MR) is 82.5 cm³/mol. The van der Waals surface area contributed by atoms with Crippen molar-refractivity contribution in [2.45, 2.75) is 11.8 Å². The molecule has 0 amide bonds. The van der Waals surface area contributed by atoms with Crippen LogP contribution in [0.2, 0.25) is 0 Å². The van der Waals surface area contributed by atoms with E-state index in [1.54, 1.807) is 12.1 Å². The molecule has 1 nitrogen and oxygen atoms in total. The Morgan fingerprint density at radius 3 is 2.47 bits per heavy atom. The number of rotatable bonds is 4. The zero-order chi connectivity index (χ0) is 13.8. The van der Waals surface area contributed by atoms with Gasteiger partial charge in [-0.1, -0.05) is 40.2 Å². The molecule has 0 radical (unpaired) electrons. The third-order valence-electron chi connectivity index (χ3n) is 2.74. The van der Waals surface area contributed by atoms with Crippen molar-refractivity contribution >= 4 is 31.9 Å². The van der Waals surface area contributed by atoms with Crippen LogP contribution >= 0.6 is 31.9 Å². The molecule has 2 aromatic rings. The van der Waals surface area contributed by atoms with Crippen LogP contribution in [0.5, 0.6) is 5.75 Å². The number of hydrogen-bond donors (Lipinski definition) is 0. The van der Waals surface area contributed by atoms with Crippen molar-refractivity contribution in [3.05, 3.63) is 63.9 Å². The summed E-state index contributed by atoms with van der Waals surface area (Å²) in [4.78, 5) is -0.180. The summed E-state index contributed by atoms with van der Waals surface area (Å²) >= 11 is 6.74. The normalized spacial score (nSPS) is 12.2. The largest absolute Gasteiger partial charge is 0.494 e. The van der Waals surface area contributed by atoms with Crippen molar-refractivity contribution < 1.29 is 9.13 Å². The van der Waals surface area contributed by atoms with Gasteiger partial charge >= 0.3 is 0 Å². The van der Waals surface area contributed by atoms with E-state index in [9.17, 15) is 4.39 Å². The zero-order valence-corrected chi connectivity index (χ0v) is 13.5. The maximum Gasteiger partial charge on any atom is 0.142 e. The molecule has 0 aliphatic heterocycles. The van der Waals surface area contributed by atoms with Gasteiger partial charge in [0.15, 0.2) is 0 Å². The Bertz CT molecular complexity index is 555. The average Bonchev–Trinajstić information content (AvgIpc) is 2.42. The standard InChI is InChI=1S/C15H13Br2FO/c1-2-19-11-8-6-10(7-9-11)14(17)12-4-3-5-13(16)15(12)18/h3-9,14H,2H2,1H3. The number of halogens is 3. The molecule has 1 unspecified atom stereocenters. The van der Waals surface area contributed by atoms with E-state index in [-0.39, 0.29) is 10.6 Å². The summed E-state index contributed by atoms with van der Waals surface area (Å²) in [6, 6.07) is 12.9. The molecule has 1 atom stereocenters. The zero-order valence-electron chi connectivity index (χ0n) is 10.4. The molecular weight excluding hydrogens is 375 g/mol. The van der Waals surface area contributed by atoms with Crippen LogP contribution < -0.4 is 4.74 Å². The van der Waals surface area contributed by atoms with E-state index in [1.807, 2.05) is 37.3 Å². The Morgan fingerprint density at radius 2 is 1.84 bits per heavy atom. The van der Waals surface area contributed by atoms with Crippen LogP contribution in [0.1, 0.15) is 22.9 Å². The lowest BCUT2D eigenvalue weighted by Crippen LogP contribution is -1.98. The Kier molecular flexibility index (Phi) is 4.99. The second-order valence-corrected chi connectivity index (χ2v) is 5.78. The van der Waals surface area contributed by atoms with Gasteiger partial charge in [-0.2, -0.15) is 0 Å². The molecule has 0 N–H and O–H groups in total. The van der Waals surface area contributed by atoms with E-state index in [1.165, 1.54) is 0 Å². The van der Waals surface area contributed by atoms with Gasteiger partial charge < -0.3 is 4.74 Å². The Hall–Kier alpha value is -0.870. The minimum Gasteiger partial charge on any atom is -0.494 e. The third kappa shape index (κ3) is 3.37. The molecule has 2 aromatic carbocycles. The van der Waals surface area contributed by atoms with Gasteiger partial charge in [0.05, 0.1) is 15.9 Å². The van der Waals surface area contributed by atoms with Crippen LogP contribution in [0.4, 0.5) is 4.39 Å². The van der Waals surface area contributed by atoms with E-state index >= 15 is 0 Å². The average molecular weight is 388 g/mol. The van der Waals surface area contributed by atoms with Crippen LogP contribution in [0, 0.1) is 5.82 Å². The summed E-state index contributed by atoms with van der Waals surface area (Å²) in [6.45, 7) is 2.58. The van der Waals surface area contributed by atoms with Crippen LogP contribution in [0.25, 0.3) is 0 Å². The molecule has 0 aliphatic carbocycles. The summed E-state index contributed by atoms with van der Waals surface area (Å²) in [6.07, 6.45) is 0. The van der Waals surface area contributed by atoms with Crippen molar-refractivity contribution in [2.75, 3.05) is 6.61 Å². The van der Waals surface area contributed by atoms with Gasteiger partial charge in [-0.05, 0) is 46.6 Å². The molecular formula is C15H13Br2FO. The van der Waals surface area contributed by atoms with Gasteiger partial charge in [0.1, 0.15) is 11.6 Å². The van der Waals surface area contributed by atoms with Crippen molar-refractivity contribution in [3.63, 3.8) is 0 Å². The highest BCUT2D eigenvalue weighted by atomic mass is 79.9. The first-order chi connectivity index (χ1) is 9.13. The van der Waals surface area contributed by atoms with E-state index < -0.39 is 0 Å². The van der Waals surface area contributed by atoms with Crippen molar-refractivity contribution in [1.82, 2.24) is 0 Å². The van der Waals surface area contributed by atoms with Crippen LogP contribution in [-0.4, -0.2) is 6.61 Å². The van der Waals surface area contributed by atoms with Gasteiger partial charge in [0, 0.05) is 5.56 Å². The van der Waals surface area contributed by atoms with Crippen molar-refractivity contribution in [1.29, 1.82) is 0 Å². The molecule has 0 saturated heterocycles. The molecule has 2 rings (SSSR count). The monoisotopic (exact) mass is 386 g/mol. The lowest BCUT2D eigenvalue weighted by molar-refractivity contribution is 0.340. The molecule has 0 bridgehead atoms. The number of alkyl halides is 1. The smallest absolute Gasteiger partial charge is 0.142 e. The topological polar surface area (TPSA) is 9.23 Å². The fourth-order valence-corrected chi connectivity index (χ4v) is 2.84. The van der Waals surface area contributed by atoms with Crippen LogP contribution in [0.15, 0.2) is 46.9 Å². The molecule has 0 heterocycles. The van der Waals surface area contributed by atoms with Gasteiger partial charge in [-0.15, -0.1) is 0 Å². The second kappa shape index (κ2) is 6.53. The highest BCUT2D eigenvalue weighted by Gasteiger charge is 2.16. The highest BCUT2D eigenvalue weighted by Crippen LogP contribution is 2.35. The van der Waals surface area contributed by atoms with Gasteiger partial charge in [-0.25, -0.2) is 4.39 Å². The van der Waals surface area contributed by atoms with Gasteiger partial charge in [0.25, 0.3) is 0 Å². The molecule has 0 aromatic heterocycles. The summed E-state index contributed by atoms with van der Waals surface area (Å²) in [5, 5.41) is 0. The first-order valence-corrected chi connectivity index (χ1v) is 7.65. The third-order valence-corrected chi connectivity index (χ3v) is 4.37. The van der Waals surface area contributed by atoms with Crippen molar-refractivity contribution in [3.8, 4) is 5.75 Å². The fraction of sp³-hybridized carbons (Fsp3) is 0.200. The number of hydrogen-bond acceptors (Lipinski definition) is 1. The SMILES string of the molecule is CCOc1ccc(C(Br)c2cccc(Br)c2F)cc1. The summed E-state index contributed by atoms with van der Waals surface area (Å²) in [5.41, 5.74) is 1.60. The first-order valence-electron chi connectivity index (χ1n) is 5.94. The molecule has 4 heteroatoms. The lowest BCUT2D eigenvalue weighted by Gasteiger charge is -2.13. The summed E-state index contributed by atoms with van der Waals surface area (Å²) in [7, 11) is 0. The van der Waals surface area contributed by atoms with Crippen LogP contribution in [-0.2, 0) is 0 Å². The number of benzene rings is 2. The van der Waals surface area contributed by atoms with E-state index in [4.69, 9.17) is 4.74 Å². The maximum atomic E-state index is 14.0. The maximum absolute atomic E-state index is 14.0. The Balaban J connectivity index is 2.28.